The van der Waals surface area contributed by atoms with Gasteiger partial charge >= 0.3 is 6.09 Å². The number of halogens is 1. The molecule has 3 rings (SSSR count). The van der Waals surface area contributed by atoms with Gasteiger partial charge in [0.15, 0.2) is 0 Å². The van der Waals surface area contributed by atoms with Gasteiger partial charge in [0.05, 0.1) is 0 Å². The van der Waals surface area contributed by atoms with Crippen molar-refractivity contribution in [1.82, 2.24) is 20.1 Å². The molecule has 0 fully saturated rings. The smallest absolute Gasteiger partial charge is 0.407 e. The highest BCUT2D eigenvalue weighted by atomic mass is 35.5. The molecule has 0 saturated heterocycles. The van der Waals surface area contributed by atoms with Gasteiger partial charge in [0.25, 0.3) is 17.4 Å². The molecule has 1 aliphatic heterocycles. The highest BCUT2D eigenvalue weighted by molar-refractivity contribution is 6.30. The van der Waals surface area contributed by atoms with Gasteiger partial charge in [0.2, 0.25) is 0 Å². The van der Waals surface area contributed by atoms with Crippen molar-refractivity contribution in [1.29, 1.82) is 0 Å². The predicted molar refractivity (Wildman–Crippen MR) is 123 cm³/mol. The maximum atomic E-state index is 12.8. The number of hydrogen-bond acceptors (Lipinski definition) is 5. The van der Waals surface area contributed by atoms with Crippen molar-refractivity contribution in [3.8, 4) is 0 Å². The molecule has 9 nitrogen and oxygen atoms in total. The number of alkyl carbamates (subject to hydrolysis) is 1. The minimum Gasteiger partial charge on any atom is -0.444 e. The Balaban J connectivity index is 1.61. The van der Waals surface area contributed by atoms with Crippen LogP contribution in [0.5, 0.6) is 0 Å². The highest BCUT2D eigenvalue weighted by Gasteiger charge is 2.27. The van der Waals surface area contributed by atoms with E-state index in [2.05, 4.69) is 10.6 Å². The lowest BCUT2D eigenvalue weighted by molar-refractivity contribution is 0.0508. The number of ether oxygens (including phenoxy) is 1. The number of fused-ring (bicyclic) bond motifs is 1. The average Bonchev–Trinajstić information content (AvgIpc) is 2.74. The summed E-state index contributed by atoms with van der Waals surface area (Å²) in [6.07, 6.45) is -0.558. The van der Waals surface area contributed by atoms with Crippen molar-refractivity contribution in [3.05, 3.63) is 68.6 Å². The number of aromatic nitrogens is 1. The first-order valence-corrected chi connectivity index (χ1v) is 11.0. The summed E-state index contributed by atoms with van der Waals surface area (Å²) >= 11 is 5.86. The molecule has 1 aromatic heterocycles. The van der Waals surface area contributed by atoms with E-state index >= 15 is 0 Å². The van der Waals surface area contributed by atoms with E-state index in [4.69, 9.17) is 16.3 Å². The lowest BCUT2D eigenvalue weighted by Crippen LogP contribution is -2.48. The van der Waals surface area contributed by atoms with Crippen LogP contribution in [0.4, 0.5) is 4.79 Å². The summed E-state index contributed by atoms with van der Waals surface area (Å²) < 4.78 is 6.49. The van der Waals surface area contributed by atoms with Crippen LogP contribution in [0.3, 0.4) is 0 Å². The molecule has 0 spiro atoms. The molecule has 33 heavy (non-hydrogen) atoms. The summed E-state index contributed by atoms with van der Waals surface area (Å²) in [5, 5.41) is 5.92. The maximum absolute atomic E-state index is 12.8. The molecular formula is C23H27ClN4O5. The zero-order valence-corrected chi connectivity index (χ0v) is 19.6. The quantitative estimate of drug-likeness (QED) is 0.668. The molecule has 2 heterocycles. The largest absolute Gasteiger partial charge is 0.444 e. The molecule has 176 valence electrons. The molecule has 0 atom stereocenters. The zero-order chi connectivity index (χ0) is 24.2. The van der Waals surface area contributed by atoms with Gasteiger partial charge in [-0.25, -0.2) is 4.79 Å². The van der Waals surface area contributed by atoms with Crippen LogP contribution in [0.2, 0.25) is 5.02 Å². The van der Waals surface area contributed by atoms with E-state index in [0.29, 0.717) is 5.02 Å². The standard InChI is InChI=1S/C23H27ClN4O5/c1-23(2,3)33-22(32)25-10-11-27-12-13-28-18(21(27)31)9-8-17(20(28)30)19(29)26-14-15-4-6-16(24)7-5-15/h4-9H,10-14H2,1-3H3,(H,25,32)(H,26,29). The zero-order valence-electron chi connectivity index (χ0n) is 18.8. The molecule has 0 aliphatic carbocycles. The van der Waals surface area contributed by atoms with E-state index in [1.165, 1.54) is 16.7 Å². The van der Waals surface area contributed by atoms with Crippen molar-refractivity contribution < 1.29 is 19.1 Å². The molecule has 2 aromatic rings. The third kappa shape index (κ3) is 6.35. The first-order valence-electron chi connectivity index (χ1n) is 10.6. The third-order valence-electron chi connectivity index (χ3n) is 4.93. The summed E-state index contributed by atoms with van der Waals surface area (Å²) in [6.45, 7) is 6.58. The Morgan fingerprint density at radius 3 is 2.39 bits per heavy atom. The van der Waals surface area contributed by atoms with Crippen LogP contribution in [0.1, 0.15) is 47.2 Å². The molecular weight excluding hydrogens is 448 g/mol. The van der Waals surface area contributed by atoms with Gasteiger partial charge in [-0.2, -0.15) is 0 Å². The van der Waals surface area contributed by atoms with Crippen LogP contribution in [0.25, 0.3) is 0 Å². The maximum Gasteiger partial charge on any atom is 0.407 e. The van der Waals surface area contributed by atoms with Crippen LogP contribution in [-0.2, 0) is 17.8 Å². The molecule has 0 bridgehead atoms. The average molecular weight is 475 g/mol. The van der Waals surface area contributed by atoms with Crippen LogP contribution >= 0.6 is 11.6 Å². The number of amides is 3. The molecule has 10 heteroatoms. The Labute approximate surface area is 196 Å². The Morgan fingerprint density at radius 2 is 1.73 bits per heavy atom. The van der Waals surface area contributed by atoms with Gasteiger partial charge in [-0.1, -0.05) is 23.7 Å². The van der Waals surface area contributed by atoms with Gasteiger partial charge in [-0.3, -0.25) is 14.4 Å². The normalized spacial score (nSPS) is 13.3. The van der Waals surface area contributed by atoms with Gasteiger partial charge in [-0.05, 0) is 50.6 Å². The second-order valence-corrected chi connectivity index (χ2v) is 9.06. The van der Waals surface area contributed by atoms with E-state index in [0.717, 1.165) is 5.56 Å². The van der Waals surface area contributed by atoms with Crippen molar-refractivity contribution in [2.45, 2.75) is 39.5 Å². The first-order chi connectivity index (χ1) is 15.5. The number of benzene rings is 1. The fourth-order valence-corrected chi connectivity index (χ4v) is 3.47. The highest BCUT2D eigenvalue weighted by Crippen LogP contribution is 2.12. The van der Waals surface area contributed by atoms with E-state index in [-0.39, 0.29) is 49.9 Å². The van der Waals surface area contributed by atoms with E-state index in [1.807, 2.05) is 0 Å². The number of pyridine rings is 1. The predicted octanol–water partition coefficient (Wildman–Crippen LogP) is 2.41. The Kier molecular flexibility index (Phi) is 7.43. The van der Waals surface area contributed by atoms with Crippen LogP contribution in [-0.4, -0.2) is 52.6 Å². The summed E-state index contributed by atoms with van der Waals surface area (Å²) in [5.41, 5.74) is -0.0971. The lowest BCUT2D eigenvalue weighted by Gasteiger charge is -2.30. The number of rotatable bonds is 6. The summed E-state index contributed by atoms with van der Waals surface area (Å²) in [5.74, 6) is -0.848. The molecule has 1 aromatic carbocycles. The Bertz CT molecular complexity index is 1110. The fraction of sp³-hybridized carbons (Fsp3) is 0.391. The molecule has 2 N–H and O–H groups in total. The van der Waals surface area contributed by atoms with Crippen molar-refractivity contribution in [2.24, 2.45) is 0 Å². The van der Waals surface area contributed by atoms with Crippen molar-refractivity contribution >= 4 is 29.5 Å². The summed E-state index contributed by atoms with van der Waals surface area (Å²) in [6, 6.07) is 9.86. The number of carbonyl (C=O) groups is 3. The molecule has 1 aliphatic rings. The number of nitrogens with one attached hydrogen (secondary N) is 2. The second kappa shape index (κ2) is 10.1. The minimum absolute atomic E-state index is 0.0273. The van der Waals surface area contributed by atoms with E-state index < -0.39 is 23.2 Å². The van der Waals surface area contributed by atoms with E-state index in [1.54, 1.807) is 49.9 Å². The Hall–Kier alpha value is -3.33. The molecule has 0 radical (unpaired) electrons. The monoisotopic (exact) mass is 474 g/mol. The van der Waals surface area contributed by atoms with Gasteiger partial charge in [-0.15, -0.1) is 0 Å². The second-order valence-electron chi connectivity index (χ2n) is 8.62. The van der Waals surface area contributed by atoms with Crippen LogP contribution in [0, 0.1) is 0 Å². The first kappa shape index (κ1) is 24.3. The summed E-state index contributed by atoms with van der Waals surface area (Å²) in [4.78, 5) is 51.5. The molecule has 0 unspecified atom stereocenters. The van der Waals surface area contributed by atoms with Gasteiger partial charge in [0, 0.05) is 37.7 Å². The van der Waals surface area contributed by atoms with Gasteiger partial charge in [0.1, 0.15) is 16.9 Å². The minimum atomic E-state index is -0.607. The van der Waals surface area contributed by atoms with Crippen molar-refractivity contribution in [2.75, 3.05) is 19.6 Å². The third-order valence-corrected chi connectivity index (χ3v) is 5.19. The molecule has 0 saturated carbocycles. The number of carbonyl (C=O) groups excluding carboxylic acids is 3. The Morgan fingerprint density at radius 1 is 1.03 bits per heavy atom. The van der Waals surface area contributed by atoms with Crippen molar-refractivity contribution in [3.63, 3.8) is 0 Å². The number of hydrogen-bond donors (Lipinski definition) is 2. The van der Waals surface area contributed by atoms with Crippen LogP contribution < -0.4 is 16.2 Å². The van der Waals surface area contributed by atoms with Crippen LogP contribution in [0.15, 0.2) is 41.2 Å². The molecule has 3 amide bonds. The van der Waals surface area contributed by atoms with E-state index in [9.17, 15) is 19.2 Å². The SMILES string of the molecule is CC(C)(C)OC(=O)NCCN1CCn2c(ccc(C(=O)NCc3ccc(Cl)cc3)c2=O)C1=O. The number of nitrogens with zero attached hydrogens (tertiary/aromatic N) is 2. The van der Waals surface area contributed by atoms with Gasteiger partial charge < -0.3 is 24.8 Å². The summed E-state index contributed by atoms with van der Waals surface area (Å²) in [7, 11) is 0. The topological polar surface area (TPSA) is 110 Å². The fourth-order valence-electron chi connectivity index (χ4n) is 3.34. The lowest BCUT2D eigenvalue weighted by atomic mass is 10.1.